The zero-order valence-electron chi connectivity index (χ0n) is 12.3. The molecule has 0 spiro atoms. The molecule has 1 saturated heterocycles. The number of hydrogen-bond acceptors (Lipinski definition) is 4. The van der Waals surface area contributed by atoms with Gasteiger partial charge in [0.25, 0.3) is 0 Å². The van der Waals surface area contributed by atoms with Crippen LogP contribution in [-0.2, 0) is 11.3 Å². The summed E-state index contributed by atoms with van der Waals surface area (Å²) in [5, 5.41) is 4.79. The van der Waals surface area contributed by atoms with E-state index >= 15 is 0 Å². The van der Waals surface area contributed by atoms with Gasteiger partial charge in [-0.15, -0.1) is 0 Å². The van der Waals surface area contributed by atoms with Gasteiger partial charge in [-0.1, -0.05) is 5.16 Å². The van der Waals surface area contributed by atoms with Crippen LogP contribution in [0.3, 0.4) is 0 Å². The van der Waals surface area contributed by atoms with E-state index < -0.39 is 0 Å². The molecule has 4 rings (SSSR count). The lowest BCUT2D eigenvalue weighted by atomic mass is 10.2. The van der Waals surface area contributed by atoms with Gasteiger partial charge in [0.05, 0.1) is 0 Å². The van der Waals surface area contributed by atoms with E-state index in [-0.39, 0.29) is 11.7 Å². The molecule has 0 radical (unpaired) electrons. The van der Waals surface area contributed by atoms with Gasteiger partial charge in [0.15, 0.2) is 5.58 Å². The Balaban J connectivity index is 1.41. The number of aromatic nitrogens is 1. The van der Waals surface area contributed by atoms with E-state index in [1.807, 2.05) is 4.90 Å². The smallest absolute Gasteiger partial charge is 0.225 e. The maximum atomic E-state index is 13.4. The van der Waals surface area contributed by atoms with Crippen molar-refractivity contribution in [2.75, 3.05) is 26.2 Å². The van der Waals surface area contributed by atoms with Crippen molar-refractivity contribution < 1.29 is 13.7 Å². The molecular formula is C16H18FN3O2. The number of hydrogen-bond donors (Lipinski definition) is 0. The number of halogens is 1. The van der Waals surface area contributed by atoms with Crippen molar-refractivity contribution in [1.29, 1.82) is 0 Å². The number of benzene rings is 1. The number of carbonyl (C=O) groups is 1. The largest absolute Gasteiger partial charge is 0.356 e. The van der Waals surface area contributed by atoms with E-state index in [2.05, 4.69) is 10.1 Å². The molecule has 0 atom stereocenters. The summed E-state index contributed by atoms with van der Waals surface area (Å²) in [4.78, 5) is 16.2. The number of fused-ring (bicyclic) bond motifs is 1. The van der Waals surface area contributed by atoms with Crippen molar-refractivity contribution in [2.45, 2.75) is 19.4 Å². The molecule has 0 unspecified atom stereocenters. The molecule has 1 aromatic carbocycles. The Morgan fingerprint density at radius 1 is 1.27 bits per heavy atom. The summed E-state index contributed by atoms with van der Waals surface area (Å²) in [5.41, 5.74) is 1.37. The lowest BCUT2D eigenvalue weighted by Crippen LogP contribution is -2.48. The van der Waals surface area contributed by atoms with Crippen LogP contribution < -0.4 is 0 Å². The fourth-order valence-corrected chi connectivity index (χ4v) is 3.00. The monoisotopic (exact) mass is 303 g/mol. The molecule has 116 valence electrons. The third kappa shape index (κ3) is 2.59. The maximum absolute atomic E-state index is 13.4. The first-order chi connectivity index (χ1) is 10.7. The first-order valence-corrected chi connectivity index (χ1v) is 7.75. The number of piperazine rings is 1. The van der Waals surface area contributed by atoms with Gasteiger partial charge < -0.3 is 9.42 Å². The van der Waals surface area contributed by atoms with Crippen LogP contribution in [0.4, 0.5) is 4.39 Å². The predicted molar refractivity (Wildman–Crippen MR) is 78.5 cm³/mol. The summed E-state index contributed by atoms with van der Waals surface area (Å²) in [6, 6.07) is 4.45. The molecule has 6 heteroatoms. The molecule has 22 heavy (non-hydrogen) atoms. The van der Waals surface area contributed by atoms with Crippen LogP contribution in [0.5, 0.6) is 0 Å². The zero-order valence-corrected chi connectivity index (χ0v) is 12.3. The quantitative estimate of drug-likeness (QED) is 0.870. The van der Waals surface area contributed by atoms with Crippen LogP contribution in [-0.4, -0.2) is 47.0 Å². The Labute approximate surface area is 127 Å². The second-order valence-corrected chi connectivity index (χ2v) is 6.15. The minimum Gasteiger partial charge on any atom is -0.356 e. The highest BCUT2D eigenvalue weighted by Gasteiger charge is 2.34. The van der Waals surface area contributed by atoms with Gasteiger partial charge in [0.2, 0.25) is 5.91 Å². The first-order valence-electron chi connectivity index (χ1n) is 7.75. The average Bonchev–Trinajstić information content (AvgIpc) is 3.31. The van der Waals surface area contributed by atoms with E-state index in [9.17, 15) is 9.18 Å². The molecule has 1 aliphatic carbocycles. The van der Waals surface area contributed by atoms with Crippen LogP contribution in [0.15, 0.2) is 22.7 Å². The first kappa shape index (κ1) is 13.7. The van der Waals surface area contributed by atoms with Crippen molar-refractivity contribution in [3.63, 3.8) is 0 Å². The Bertz CT molecular complexity index is 702. The van der Waals surface area contributed by atoms with Crippen molar-refractivity contribution >= 4 is 16.9 Å². The van der Waals surface area contributed by atoms with E-state index in [0.717, 1.165) is 50.1 Å². The SMILES string of the molecule is O=C(C1CC1)N1CCN(Cc2noc3ccc(F)cc23)CC1. The standard InChI is InChI=1S/C16H18FN3O2/c17-12-3-4-15-13(9-12)14(18-22-15)10-19-5-7-20(8-6-19)16(21)11-1-2-11/h3-4,9,11H,1-2,5-8,10H2. The van der Waals surface area contributed by atoms with Gasteiger partial charge in [0.1, 0.15) is 11.5 Å². The highest BCUT2D eigenvalue weighted by atomic mass is 19.1. The molecule has 5 nitrogen and oxygen atoms in total. The molecule has 1 aliphatic heterocycles. The molecule has 1 saturated carbocycles. The Kier molecular flexibility index (Phi) is 3.33. The molecule has 0 bridgehead atoms. The van der Waals surface area contributed by atoms with Gasteiger partial charge >= 0.3 is 0 Å². The van der Waals surface area contributed by atoms with Crippen LogP contribution in [0.2, 0.25) is 0 Å². The predicted octanol–water partition coefficient (Wildman–Crippen LogP) is 2.02. The minimum absolute atomic E-state index is 0.281. The minimum atomic E-state index is -0.281. The van der Waals surface area contributed by atoms with E-state index in [1.165, 1.54) is 12.1 Å². The van der Waals surface area contributed by atoms with Crippen molar-refractivity contribution in [3.05, 3.63) is 29.7 Å². The van der Waals surface area contributed by atoms with Gasteiger partial charge in [-0.3, -0.25) is 9.69 Å². The molecule has 2 fully saturated rings. The van der Waals surface area contributed by atoms with Crippen LogP contribution >= 0.6 is 0 Å². The topological polar surface area (TPSA) is 49.6 Å². The van der Waals surface area contributed by atoms with Gasteiger partial charge in [0, 0.05) is 44.0 Å². The summed E-state index contributed by atoms with van der Waals surface area (Å²) in [5.74, 6) is 0.319. The third-order valence-electron chi connectivity index (χ3n) is 4.49. The summed E-state index contributed by atoms with van der Waals surface area (Å²) in [6.07, 6.45) is 2.10. The molecule has 1 amide bonds. The lowest BCUT2D eigenvalue weighted by Gasteiger charge is -2.34. The summed E-state index contributed by atoms with van der Waals surface area (Å²) in [7, 11) is 0. The zero-order chi connectivity index (χ0) is 15.1. The van der Waals surface area contributed by atoms with E-state index in [1.54, 1.807) is 6.07 Å². The third-order valence-corrected chi connectivity index (χ3v) is 4.49. The molecule has 1 aromatic heterocycles. The number of rotatable bonds is 3. The normalized spacial score (nSPS) is 19.8. The summed E-state index contributed by atoms with van der Waals surface area (Å²) >= 11 is 0. The van der Waals surface area contributed by atoms with Gasteiger partial charge in [-0.2, -0.15) is 0 Å². The highest BCUT2D eigenvalue weighted by molar-refractivity contribution is 5.81. The molecule has 2 heterocycles. The highest BCUT2D eigenvalue weighted by Crippen LogP contribution is 2.31. The Hall–Kier alpha value is -1.95. The number of carbonyl (C=O) groups excluding carboxylic acids is 1. The second-order valence-electron chi connectivity index (χ2n) is 6.15. The Morgan fingerprint density at radius 3 is 2.77 bits per heavy atom. The summed E-state index contributed by atoms with van der Waals surface area (Å²) in [6.45, 7) is 3.80. The van der Waals surface area contributed by atoms with Gasteiger partial charge in [-0.25, -0.2) is 4.39 Å². The fraction of sp³-hybridized carbons (Fsp3) is 0.500. The van der Waals surface area contributed by atoms with Crippen LogP contribution in [0.1, 0.15) is 18.5 Å². The lowest BCUT2D eigenvalue weighted by molar-refractivity contribution is -0.134. The number of amides is 1. The summed E-state index contributed by atoms with van der Waals surface area (Å²) < 4.78 is 18.6. The van der Waals surface area contributed by atoms with E-state index in [0.29, 0.717) is 18.0 Å². The molecule has 2 aromatic rings. The Morgan fingerprint density at radius 2 is 2.05 bits per heavy atom. The van der Waals surface area contributed by atoms with Crippen molar-refractivity contribution in [3.8, 4) is 0 Å². The van der Waals surface area contributed by atoms with Crippen molar-refractivity contribution in [2.24, 2.45) is 5.92 Å². The van der Waals surface area contributed by atoms with Gasteiger partial charge in [-0.05, 0) is 31.0 Å². The van der Waals surface area contributed by atoms with E-state index in [4.69, 9.17) is 4.52 Å². The second kappa shape index (κ2) is 5.35. The number of nitrogens with zero attached hydrogens (tertiary/aromatic N) is 3. The fourth-order valence-electron chi connectivity index (χ4n) is 3.00. The van der Waals surface area contributed by atoms with Crippen LogP contribution in [0, 0.1) is 11.7 Å². The van der Waals surface area contributed by atoms with Crippen molar-refractivity contribution in [1.82, 2.24) is 15.0 Å². The maximum Gasteiger partial charge on any atom is 0.225 e. The molecule has 2 aliphatic rings. The molecular weight excluding hydrogens is 285 g/mol. The molecule has 0 N–H and O–H groups in total. The average molecular weight is 303 g/mol. The van der Waals surface area contributed by atoms with Crippen LogP contribution in [0.25, 0.3) is 11.0 Å².